The van der Waals surface area contributed by atoms with Crippen LogP contribution in [-0.4, -0.2) is 17.3 Å². The summed E-state index contributed by atoms with van der Waals surface area (Å²) < 4.78 is 0. The van der Waals surface area contributed by atoms with E-state index >= 15 is 0 Å². The van der Waals surface area contributed by atoms with Crippen LogP contribution in [0.2, 0.25) is 0 Å². The number of rotatable bonds is 2. The molecule has 1 heterocycles. The lowest BCUT2D eigenvalue weighted by Crippen LogP contribution is -2.31. The zero-order valence-corrected chi connectivity index (χ0v) is 7.75. The highest BCUT2D eigenvalue weighted by atomic mass is 32.2. The van der Waals surface area contributed by atoms with Crippen LogP contribution < -0.4 is 0 Å². The fourth-order valence-corrected chi connectivity index (χ4v) is 2.66. The molecule has 0 radical (unpaired) electrons. The lowest BCUT2D eigenvalue weighted by Gasteiger charge is -2.31. The van der Waals surface area contributed by atoms with Crippen molar-refractivity contribution in [1.29, 1.82) is 0 Å². The second-order valence-electron chi connectivity index (χ2n) is 3.03. The summed E-state index contributed by atoms with van der Waals surface area (Å²) in [5.41, 5.74) is -0.175. The maximum Gasteiger partial charge on any atom is 0.139 e. The van der Waals surface area contributed by atoms with E-state index in [0.29, 0.717) is 0 Å². The van der Waals surface area contributed by atoms with Gasteiger partial charge >= 0.3 is 0 Å². The molecule has 1 fully saturated rings. The van der Waals surface area contributed by atoms with Crippen LogP contribution >= 0.6 is 11.8 Å². The summed E-state index contributed by atoms with van der Waals surface area (Å²) in [6, 6.07) is 0. The lowest BCUT2D eigenvalue weighted by atomic mass is 9.79. The second-order valence-corrected chi connectivity index (χ2v) is 4.25. The molecule has 1 aliphatic heterocycles. The molecule has 0 aromatic heterocycles. The van der Waals surface area contributed by atoms with E-state index < -0.39 is 0 Å². The Morgan fingerprint density at radius 1 is 1.55 bits per heavy atom. The van der Waals surface area contributed by atoms with Gasteiger partial charge in [0.2, 0.25) is 0 Å². The van der Waals surface area contributed by atoms with Crippen molar-refractivity contribution in [2.45, 2.75) is 19.8 Å². The number of hydrogen-bond donors (Lipinski definition) is 0. The number of Topliss-reactive ketones (excluding diaryl/α,β-unsaturated/α-hetero) is 1. The second kappa shape index (κ2) is 3.44. The van der Waals surface area contributed by atoms with Gasteiger partial charge in [-0.05, 0) is 31.3 Å². The van der Waals surface area contributed by atoms with Crippen molar-refractivity contribution in [3.63, 3.8) is 0 Å². The van der Waals surface area contributed by atoms with Crippen molar-refractivity contribution in [1.82, 2.24) is 0 Å². The standard InChI is InChI=1S/C9H14OS/c1-3-9(8(2)10)4-6-11-7-5-9/h3H,1,4-7H2,2H3. The summed E-state index contributed by atoms with van der Waals surface area (Å²) in [4.78, 5) is 11.3. The molecule has 11 heavy (non-hydrogen) atoms. The van der Waals surface area contributed by atoms with Crippen LogP contribution in [0, 0.1) is 5.41 Å². The summed E-state index contributed by atoms with van der Waals surface area (Å²) in [5, 5.41) is 0. The van der Waals surface area contributed by atoms with E-state index in [0.717, 1.165) is 24.3 Å². The molecule has 1 nitrogen and oxygen atoms in total. The summed E-state index contributed by atoms with van der Waals surface area (Å²) >= 11 is 1.93. The van der Waals surface area contributed by atoms with Gasteiger partial charge in [-0.2, -0.15) is 11.8 Å². The predicted octanol–water partition coefficient (Wildman–Crippen LogP) is 2.27. The molecular formula is C9H14OS. The van der Waals surface area contributed by atoms with E-state index in [1.54, 1.807) is 6.92 Å². The van der Waals surface area contributed by atoms with Crippen LogP contribution in [0.25, 0.3) is 0 Å². The van der Waals surface area contributed by atoms with E-state index in [2.05, 4.69) is 6.58 Å². The number of allylic oxidation sites excluding steroid dienone is 1. The summed E-state index contributed by atoms with van der Waals surface area (Å²) in [5.74, 6) is 2.49. The van der Waals surface area contributed by atoms with Gasteiger partial charge in [-0.3, -0.25) is 4.79 Å². The molecule has 0 amide bonds. The highest BCUT2D eigenvalue weighted by molar-refractivity contribution is 7.99. The van der Waals surface area contributed by atoms with Gasteiger partial charge in [0.05, 0.1) is 0 Å². The maximum absolute atomic E-state index is 11.3. The molecule has 0 bridgehead atoms. The Morgan fingerprint density at radius 2 is 2.09 bits per heavy atom. The molecular weight excluding hydrogens is 156 g/mol. The van der Waals surface area contributed by atoms with Crippen molar-refractivity contribution in [2.75, 3.05) is 11.5 Å². The molecule has 0 unspecified atom stereocenters. The third-order valence-corrected chi connectivity index (χ3v) is 3.46. The minimum atomic E-state index is -0.175. The Hall–Kier alpha value is -0.240. The van der Waals surface area contributed by atoms with Gasteiger partial charge in [0.1, 0.15) is 5.78 Å². The first-order chi connectivity index (χ1) is 5.21. The average Bonchev–Trinajstić information content (AvgIpc) is 2.05. The molecule has 0 N–H and O–H groups in total. The number of carbonyl (C=O) groups excluding carboxylic acids is 1. The van der Waals surface area contributed by atoms with Crippen LogP contribution in [0.5, 0.6) is 0 Å². The summed E-state index contributed by atoms with van der Waals surface area (Å²) in [7, 11) is 0. The zero-order chi connectivity index (χ0) is 8.32. The third-order valence-electron chi connectivity index (χ3n) is 2.48. The first kappa shape index (κ1) is 8.85. The van der Waals surface area contributed by atoms with Crippen molar-refractivity contribution in [2.24, 2.45) is 5.41 Å². The fourth-order valence-electron chi connectivity index (χ4n) is 1.44. The fraction of sp³-hybridized carbons (Fsp3) is 0.667. The van der Waals surface area contributed by atoms with Gasteiger partial charge in [0, 0.05) is 5.41 Å². The monoisotopic (exact) mass is 170 g/mol. The smallest absolute Gasteiger partial charge is 0.139 e. The van der Waals surface area contributed by atoms with Crippen LogP contribution in [0.3, 0.4) is 0 Å². The first-order valence-corrected chi connectivity index (χ1v) is 5.09. The molecule has 62 valence electrons. The van der Waals surface area contributed by atoms with Gasteiger partial charge in [0.25, 0.3) is 0 Å². The van der Waals surface area contributed by atoms with Crippen LogP contribution in [0.1, 0.15) is 19.8 Å². The van der Waals surface area contributed by atoms with E-state index in [4.69, 9.17) is 0 Å². The number of carbonyl (C=O) groups is 1. The molecule has 0 spiro atoms. The first-order valence-electron chi connectivity index (χ1n) is 3.94. The predicted molar refractivity (Wildman–Crippen MR) is 49.9 cm³/mol. The van der Waals surface area contributed by atoms with E-state index in [9.17, 15) is 4.79 Å². The molecule has 1 rings (SSSR count). The molecule has 0 saturated carbocycles. The number of ketones is 1. The number of thioether (sulfide) groups is 1. The molecule has 1 aliphatic rings. The maximum atomic E-state index is 11.3. The molecule has 0 aliphatic carbocycles. The Bertz CT molecular complexity index is 168. The average molecular weight is 170 g/mol. The Morgan fingerprint density at radius 3 is 2.36 bits per heavy atom. The largest absolute Gasteiger partial charge is 0.299 e. The van der Waals surface area contributed by atoms with Gasteiger partial charge in [0.15, 0.2) is 0 Å². The molecule has 0 atom stereocenters. The van der Waals surface area contributed by atoms with E-state index in [1.165, 1.54) is 0 Å². The zero-order valence-electron chi connectivity index (χ0n) is 6.93. The third kappa shape index (κ3) is 1.67. The molecule has 0 aromatic rings. The SMILES string of the molecule is C=CC1(C(C)=O)CCSCC1. The molecule has 2 heteroatoms. The topological polar surface area (TPSA) is 17.1 Å². The van der Waals surface area contributed by atoms with Gasteiger partial charge in [-0.25, -0.2) is 0 Å². The normalized spacial score (nSPS) is 22.6. The quantitative estimate of drug-likeness (QED) is 0.591. The van der Waals surface area contributed by atoms with Gasteiger partial charge in [-0.15, -0.1) is 6.58 Å². The molecule has 0 aromatic carbocycles. The van der Waals surface area contributed by atoms with Gasteiger partial charge in [-0.1, -0.05) is 6.08 Å². The van der Waals surface area contributed by atoms with Crippen molar-refractivity contribution in [3.05, 3.63) is 12.7 Å². The number of hydrogen-bond acceptors (Lipinski definition) is 2. The van der Waals surface area contributed by atoms with Crippen LogP contribution in [0.15, 0.2) is 12.7 Å². The van der Waals surface area contributed by atoms with Crippen LogP contribution in [0.4, 0.5) is 0 Å². The van der Waals surface area contributed by atoms with Crippen molar-refractivity contribution >= 4 is 17.5 Å². The Balaban J connectivity index is 2.72. The van der Waals surface area contributed by atoms with Gasteiger partial charge < -0.3 is 0 Å². The highest BCUT2D eigenvalue weighted by Crippen LogP contribution is 2.36. The summed E-state index contributed by atoms with van der Waals surface area (Å²) in [6.07, 6.45) is 3.81. The Kier molecular flexibility index (Phi) is 2.77. The van der Waals surface area contributed by atoms with Crippen LogP contribution in [-0.2, 0) is 4.79 Å². The van der Waals surface area contributed by atoms with E-state index in [-0.39, 0.29) is 11.2 Å². The summed E-state index contributed by atoms with van der Waals surface area (Å²) in [6.45, 7) is 5.43. The minimum absolute atomic E-state index is 0.175. The minimum Gasteiger partial charge on any atom is -0.299 e. The molecule has 1 saturated heterocycles. The van der Waals surface area contributed by atoms with E-state index in [1.807, 2.05) is 17.8 Å². The highest BCUT2D eigenvalue weighted by Gasteiger charge is 2.33. The lowest BCUT2D eigenvalue weighted by molar-refractivity contribution is -0.124. The van der Waals surface area contributed by atoms with Crippen molar-refractivity contribution in [3.8, 4) is 0 Å². The van der Waals surface area contributed by atoms with Crippen molar-refractivity contribution < 1.29 is 4.79 Å². The Labute approximate surface area is 72.2 Å².